The number of hydrogen-bond donors (Lipinski definition) is 1. The lowest BCUT2D eigenvalue weighted by Crippen LogP contribution is -2.61. The molecular weight excluding hydrogens is 319 g/mol. The fourth-order valence-electron chi connectivity index (χ4n) is 1.63. The molecule has 0 amide bonds. The van der Waals surface area contributed by atoms with Crippen LogP contribution < -0.4 is 10.9 Å². The third-order valence-electron chi connectivity index (χ3n) is 2.57. The molecule has 1 heterocycles. The van der Waals surface area contributed by atoms with Crippen LogP contribution in [0.25, 0.3) is 0 Å². The largest absolute Gasteiger partial charge is 0.425 e. The molecule has 6 nitrogen and oxygen atoms in total. The van der Waals surface area contributed by atoms with Crippen LogP contribution in [0, 0.1) is 0 Å². The summed E-state index contributed by atoms with van der Waals surface area (Å²) in [4.78, 5) is 0. The standard InChI is InChI=1S/C7H17NO5Si5/c8-6-18(7-4-2-1-3-5-7)12-16-10-14-9-15-11-17-13-18/h1-5H,6,8,14-17H2. The van der Waals surface area contributed by atoms with E-state index in [1.807, 2.05) is 30.3 Å². The highest BCUT2D eigenvalue weighted by Crippen LogP contribution is 2.06. The first-order valence-electron chi connectivity index (χ1n) is 5.64. The normalized spacial score (nSPS) is 32.1. The molecule has 1 saturated heterocycles. The van der Waals surface area contributed by atoms with E-state index in [1.54, 1.807) is 0 Å². The molecular formula is C7H17NO5Si5. The van der Waals surface area contributed by atoms with E-state index < -0.39 is 48.6 Å². The summed E-state index contributed by atoms with van der Waals surface area (Å²) in [5, 5.41) is 1.06. The Labute approximate surface area is 117 Å². The topological polar surface area (TPSA) is 72.2 Å². The molecule has 100 valence electrons. The van der Waals surface area contributed by atoms with E-state index in [1.165, 1.54) is 0 Å². The van der Waals surface area contributed by atoms with Gasteiger partial charge in [0.25, 0.3) is 40.0 Å². The molecule has 0 aromatic heterocycles. The van der Waals surface area contributed by atoms with Gasteiger partial charge in [0.1, 0.15) is 0 Å². The highest BCUT2D eigenvalue weighted by Gasteiger charge is 2.38. The minimum absolute atomic E-state index is 0.397. The number of hydrogen-bond acceptors (Lipinski definition) is 6. The highest BCUT2D eigenvalue weighted by molar-refractivity contribution is 6.86. The molecule has 1 aromatic carbocycles. The number of nitrogens with two attached hydrogens (primary N) is 1. The first-order valence-corrected chi connectivity index (χ1v) is 12.3. The van der Waals surface area contributed by atoms with Crippen LogP contribution in [0.4, 0.5) is 0 Å². The summed E-state index contributed by atoms with van der Waals surface area (Å²) in [6, 6.07) is 9.95. The van der Waals surface area contributed by atoms with Gasteiger partial charge >= 0.3 is 8.56 Å². The van der Waals surface area contributed by atoms with Crippen molar-refractivity contribution < 1.29 is 20.6 Å². The van der Waals surface area contributed by atoms with Crippen LogP contribution in [0.15, 0.2) is 30.3 Å². The lowest BCUT2D eigenvalue weighted by atomic mass is 10.4. The fourth-order valence-corrected chi connectivity index (χ4v) is 13.5. The molecule has 0 radical (unpaired) electrons. The maximum Gasteiger partial charge on any atom is 0.368 e. The van der Waals surface area contributed by atoms with Crippen molar-refractivity contribution in [1.82, 2.24) is 0 Å². The predicted octanol–water partition coefficient (Wildman–Crippen LogP) is -4.07. The fraction of sp³-hybridized carbons (Fsp3) is 0.143. The van der Waals surface area contributed by atoms with Crippen LogP contribution in [-0.4, -0.2) is 54.8 Å². The van der Waals surface area contributed by atoms with E-state index in [9.17, 15) is 0 Å². The van der Waals surface area contributed by atoms with Crippen molar-refractivity contribution in [1.29, 1.82) is 0 Å². The maximum atomic E-state index is 5.97. The Morgan fingerprint density at radius 1 is 0.889 bits per heavy atom. The molecule has 0 bridgehead atoms. The third kappa shape index (κ3) is 3.78. The van der Waals surface area contributed by atoms with Crippen LogP contribution in [-0.2, 0) is 20.6 Å². The van der Waals surface area contributed by atoms with E-state index in [-0.39, 0.29) is 0 Å². The van der Waals surface area contributed by atoms with Crippen LogP contribution in [0.5, 0.6) is 0 Å². The zero-order chi connectivity index (χ0) is 12.7. The van der Waals surface area contributed by atoms with Gasteiger partial charge in [-0.15, -0.1) is 0 Å². The van der Waals surface area contributed by atoms with Gasteiger partial charge in [-0.1, -0.05) is 30.3 Å². The first-order chi connectivity index (χ1) is 8.87. The Hall–Kier alpha value is 0.0644. The van der Waals surface area contributed by atoms with Gasteiger partial charge in [-0.25, -0.2) is 0 Å². The van der Waals surface area contributed by atoms with Crippen LogP contribution in [0.3, 0.4) is 0 Å². The Kier molecular flexibility index (Phi) is 6.11. The molecule has 0 atom stereocenters. The summed E-state index contributed by atoms with van der Waals surface area (Å²) in [5.74, 6) is 0. The Balaban J connectivity index is 2.15. The van der Waals surface area contributed by atoms with Gasteiger partial charge in [-0.3, -0.25) is 0 Å². The lowest BCUT2D eigenvalue weighted by molar-refractivity contribution is 0.321. The van der Waals surface area contributed by atoms with Crippen molar-refractivity contribution in [2.24, 2.45) is 5.73 Å². The number of rotatable bonds is 2. The van der Waals surface area contributed by atoms with Crippen molar-refractivity contribution >= 4 is 53.8 Å². The Morgan fingerprint density at radius 3 is 2.00 bits per heavy atom. The molecule has 1 aliphatic heterocycles. The zero-order valence-corrected chi connectivity index (χ0v) is 16.7. The van der Waals surface area contributed by atoms with Gasteiger partial charge in [-0.05, 0) is 5.19 Å². The van der Waals surface area contributed by atoms with Gasteiger partial charge in [-0.2, -0.15) is 0 Å². The molecule has 1 fully saturated rings. The van der Waals surface area contributed by atoms with E-state index >= 15 is 0 Å². The molecule has 1 aliphatic rings. The zero-order valence-electron chi connectivity index (χ0n) is 10.0. The first kappa shape index (κ1) is 14.5. The summed E-state index contributed by atoms with van der Waals surface area (Å²) < 4.78 is 28.3. The van der Waals surface area contributed by atoms with Crippen LogP contribution in [0.1, 0.15) is 0 Å². The lowest BCUT2D eigenvalue weighted by Gasteiger charge is -2.31. The molecule has 2 rings (SSSR count). The van der Waals surface area contributed by atoms with Gasteiger partial charge < -0.3 is 26.3 Å². The molecule has 0 aliphatic carbocycles. The van der Waals surface area contributed by atoms with Crippen molar-refractivity contribution in [2.45, 2.75) is 0 Å². The second-order valence-corrected chi connectivity index (χ2v) is 14.3. The minimum atomic E-state index is -2.53. The highest BCUT2D eigenvalue weighted by atomic mass is 28.5. The summed E-state index contributed by atoms with van der Waals surface area (Å²) in [7, 11) is -6.46. The second-order valence-electron chi connectivity index (χ2n) is 3.70. The van der Waals surface area contributed by atoms with Crippen molar-refractivity contribution in [2.75, 3.05) is 6.17 Å². The predicted molar refractivity (Wildman–Crippen MR) is 80.5 cm³/mol. The molecule has 1 aromatic rings. The minimum Gasteiger partial charge on any atom is -0.425 e. The van der Waals surface area contributed by atoms with E-state index in [0.29, 0.717) is 6.17 Å². The van der Waals surface area contributed by atoms with Crippen molar-refractivity contribution in [3.05, 3.63) is 30.3 Å². The third-order valence-corrected chi connectivity index (χ3v) is 13.0. The Morgan fingerprint density at radius 2 is 1.44 bits per heavy atom. The van der Waals surface area contributed by atoms with Crippen molar-refractivity contribution in [3.63, 3.8) is 0 Å². The smallest absolute Gasteiger partial charge is 0.368 e. The molecule has 0 saturated carbocycles. The summed E-state index contributed by atoms with van der Waals surface area (Å²) in [6.45, 7) is 0. The monoisotopic (exact) mass is 335 g/mol. The summed E-state index contributed by atoms with van der Waals surface area (Å²) in [5.41, 5.74) is 5.92. The molecule has 0 unspecified atom stereocenters. The molecule has 0 spiro atoms. The van der Waals surface area contributed by atoms with Gasteiger partial charge in [0, 0.05) is 6.17 Å². The molecule has 11 heteroatoms. The van der Waals surface area contributed by atoms with Crippen LogP contribution >= 0.6 is 0 Å². The average Bonchev–Trinajstić information content (AvgIpc) is 2.45. The molecule has 2 N–H and O–H groups in total. The SMILES string of the molecule is NC[Si]1(c2ccccc2)O[SiH2]O[SiH2]O[SiH2]O[SiH2]O1. The van der Waals surface area contributed by atoms with E-state index in [0.717, 1.165) is 5.19 Å². The van der Waals surface area contributed by atoms with Gasteiger partial charge in [0.05, 0.1) is 0 Å². The quantitative estimate of drug-likeness (QED) is 0.554. The maximum absolute atomic E-state index is 5.97. The summed E-state index contributed by atoms with van der Waals surface area (Å²) >= 11 is 0. The Bertz CT molecular complexity index is 347. The summed E-state index contributed by atoms with van der Waals surface area (Å²) in [6.07, 6.45) is 0.397. The van der Waals surface area contributed by atoms with E-state index in [4.69, 9.17) is 26.3 Å². The molecule has 18 heavy (non-hydrogen) atoms. The van der Waals surface area contributed by atoms with Gasteiger partial charge in [0.2, 0.25) is 0 Å². The van der Waals surface area contributed by atoms with Crippen molar-refractivity contribution in [3.8, 4) is 0 Å². The number of benzene rings is 1. The average molecular weight is 336 g/mol. The van der Waals surface area contributed by atoms with Crippen LogP contribution in [0.2, 0.25) is 0 Å². The van der Waals surface area contributed by atoms with E-state index in [2.05, 4.69) is 0 Å². The van der Waals surface area contributed by atoms with Gasteiger partial charge in [0.15, 0.2) is 0 Å². The second kappa shape index (κ2) is 7.60.